The van der Waals surface area contributed by atoms with Gasteiger partial charge in [0.1, 0.15) is 5.82 Å². The Hall–Kier alpha value is -3.48. The van der Waals surface area contributed by atoms with Gasteiger partial charge in [0.15, 0.2) is 17.4 Å². The lowest BCUT2D eigenvalue weighted by molar-refractivity contribution is 0.424. The molecule has 0 unspecified atom stereocenters. The molecule has 6 nitrogen and oxygen atoms in total. The molecule has 2 aromatic carbocycles. The number of halogens is 1. The van der Waals surface area contributed by atoms with Crippen molar-refractivity contribution < 1.29 is 8.91 Å². The summed E-state index contributed by atoms with van der Waals surface area (Å²) in [7, 11) is 0. The number of anilines is 2. The molecule has 0 aliphatic carbocycles. The normalized spacial score (nSPS) is 16.2. The van der Waals surface area contributed by atoms with Gasteiger partial charge >= 0.3 is 0 Å². The summed E-state index contributed by atoms with van der Waals surface area (Å²) in [5.41, 5.74) is 4.66. The monoisotopic (exact) mass is 415 g/mol. The fourth-order valence-electron chi connectivity index (χ4n) is 4.56. The highest BCUT2D eigenvalue weighted by Crippen LogP contribution is 2.36. The Morgan fingerprint density at radius 2 is 1.48 bits per heavy atom. The van der Waals surface area contributed by atoms with Crippen molar-refractivity contribution in [1.82, 2.24) is 15.1 Å². The van der Waals surface area contributed by atoms with Crippen LogP contribution >= 0.6 is 0 Å². The second kappa shape index (κ2) is 7.34. The summed E-state index contributed by atoms with van der Waals surface area (Å²) < 4.78 is 19.1. The topological polar surface area (TPSA) is 58.3 Å². The molecule has 0 radical (unpaired) electrons. The van der Waals surface area contributed by atoms with E-state index in [1.165, 1.54) is 25.0 Å². The van der Waals surface area contributed by atoms with E-state index in [0.717, 1.165) is 65.5 Å². The fraction of sp³-hybridized carbons (Fsp3) is 0.292. The highest BCUT2D eigenvalue weighted by molar-refractivity contribution is 5.81. The van der Waals surface area contributed by atoms with Gasteiger partial charge in [-0.05, 0) is 49.2 Å². The fourth-order valence-corrected chi connectivity index (χ4v) is 4.56. The molecule has 1 saturated heterocycles. The summed E-state index contributed by atoms with van der Waals surface area (Å²) in [6.45, 7) is 3.45. The van der Waals surface area contributed by atoms with Crippen molar-refractivity contribution in [3.05, 3.63) is 65.6 Å². The Kier molecular flexibility index (Phi) is 4.33. The minimum atomic E-state index is -0.263. The lowest BCUT2D eigenvalue weighted by Gasteiger charge is -2.31. The molecule has 2 aliphatic heterocycles. The number of benzene rings is 2. The zero-order valence-electron chi connectivity index (χ0n) is 17.1. The molecule has 0 spiro atoms. The van der Waals surface area contributed by atoms with Crippen LogP contribution in [0.25, 0.3) is 22.4 Å². The van der Waals surface area contributed by atoms with Crippen molar-refractivity contribution in [3.63, 3.8) is 0 Å². The van der Waals surface area contributed by atoms with E-state index in [-0.39, 0.29) is 5.82 Å². The van der Waals surface area contributed by atoms with Gasteiger partial charge in [-0.15, -0.1) is 0 Å². The molecule has 4 aromatic rings. The summed E-state index contributed by atoms with van der Waals surface area (Å²) in [6, 6.07) is 14.4. The smallest absolute Gasteiger partial charge is 0.172 e. The molecule has 0 N–H and O–H groups in total. The van der Waals surface area contributed by atoms with Crippen LogP contribution in [0.5, 0.6) is 0 Å². The number of hydrogen-bond donors (Lipinski definition) is 0. The Bertz CT molecular complexity index is 1250. The predicted octanol–water partition coefficient (Wildman–Crippen LogP) is 4.59. The molecule has 156 valence electrons. The Balaban J connectivity index is 1.42. The molecule has 1 fully saturated rings. The maximum absolute atomic E-state index is 13.4. The van der Waals surface area contributed by atoms with Crippen molar-refractivity contribution in [1.29, 1.82) is 0 Å². The molecule has 31 heavy (non-hydrogen) atoms. The van der Waals surface area contributed by atoms with Crippen LogP contribution in [0.2, 0.25) is 0 Å². The van der Waals surface area contributed by atoms with Crippen molar-refractivity contribution in [2.45, 2.75) is 25.8 Å². The summed E-state index contributed by atoms with van der Waals surface area (Å²) in [6.07, 6.45) is 3.13. The first-order chi connectivity index (χ1) is 15.3. The quantitative estimate of drug-likeness (QED) is 0.488. The van der Waals surface area contributed by atoms with E-state index < -0.39 is 0 Å². The lowest BCUT2D eigenvalue weighted by Crippen LogP contribution is -2.33. The van der Waals surface area contributed by atoms with Gasteiger partial charge in [-0.3, -0.25) is 0 Å². The highest BCUT2D eigenvalue weighted by Gasteiger charge is 2.29. The average molecular weight is 415 g/mol. The molecule has 7 heteroatoms. The summed E-state index contributed by atoms with van der Waals surface area (Å²) in [5.74, 6) is 2.31. The maximum atomic E-state index is 13.4. The van der Waals surface area contributed by atoms with Crippen LogP contribution in [0.4, 0.5) is 16.0 Å². The van der Waals surface area contributed by atoms with Crippen LogP contribution in [0.3, 0.4) is 0 Å². The molecule has 0 amide bonds. The maximum Gasteiger partial charge on any atom is 0.172 e. The van der Waals surface area contributed by atoms with E-state index in [0.29, 0.717) is 12.3 Å². The van der Waals surface area contributed by atoms with Crippen LogP contribution < -0.4 is 9.80 Å². The average Bonchev–Trinajstić information content (AvgIpc) is 3.49. The molecule has 0 saturated carbocycles. The van der Waals surface area contributed by atoms with Gasteiger partial charge in [-0.1, -0.05) is 17.3 Å². The van der Waals surface area contributed by atoms with Gasteiger partial charge in [-0.2, -0.15) is 0 Å². The van der Waals surface area contributed by atoms with Gasteiger partial charge in [-0.25, -0.2) is 14.4 Å². The summed E-state index contributed by atoms with van der Waals surface area (Å²) in [5, 5.41) is 4.29. The summed E-state index contributed by atoms with van der Waals surface area (Å²) >= 11 is 0. The standard InChI is InChI=1S/C24H22FN5O/c25-17-9-7-16(8-10-17)22-18-15-30(14-11-19(18)28-31-22)24-23(29-12-3-4-13-29)26-20-5-1-2-6-21(20)27-24/h1-2,5-10H,3-4,11-15H2. The Morgan fingerprint density at radius 1 is 0.806 bits per heavy atom. The second-order valence-corrected chi connectivity index (χ2v) is 8.17. The second-order valence-electron chi connectivity index (χ2n) is 8.17. The minimum absolute atomic E-state index is 0.263. The molecule has 6 rings (SSSR count). The zero-order chi connectivity index (χ0) is 20.8. The van der Waals surface area contributed by atoms with E-state index in [1.807, 2.05) is 24.3 Å². The molecular formula is C24H22FN5O. The Morgan fingerprint density at radius 3 is 2.19 bits per heavy atom. The molecule has 0 bridgehead atoms. The number of aromatic nitrogens is 3. The molecule has 2 aliphatic rings. The van der Waals surface area contributed by atoms with Gasteiger partial charge in [0, 0.05) is 37.2 Å². The van der Waals surface area contributed by atoms with E-state index in [1.54, 1.807) is 12.1 Å². The van der Waals surface area contributed by atoms with Crippen LogP contribution in [0.15, 0.2) is 53.1 Å². The van der Waals surface area contributed by atoms with Crippen molar-refractivity contribution >= 4 is 22.7 Å². The van der Waals surface area contributed by atoms with E-state index in [2.05, 4.69) is 15.0 Å². The van der Waals surface area contributed by atoms with Crippen molar-refractivity contribution in [2.75, 3.05) is 29.4 Å². The zero-order valence-corrected chi connectivity index (χ0v) is 17.1. The number of hydrogen-bond acceptors (Lipinski definition) is 6. The van der Waals surface area contributed by atoms with Gasteiger partial charge in [0.25, 0.3) is 0 Å². The first-order valence-electron chi connectivity index (χ1n) is 10.8. The number of nitrogens with zero attached hydrogens (tertiary/aromatic N) is 5. The van der Waals surface area contributed by atoms with Crippen molar-refractivity contribution in [3.8, 4) is 11.3 Å². The van der Waals surface area contributed by atoms with Crippen molar-refractivity contribution in [2.24, 2.45) is 0 Å². The predicted molar refractivity (Wildman–Crippen MR) is 118 cm³/mol. The van der Waals surface area contributed by atoms with Gasteiger partial charge < -0.3 is 14.3 Å². The molecule has 2 aromatic heterocycles. The lowest BCUT2D eigenvalue weighted by atomic mass is 10.0. The van der Waals surface area contributed by atoms with E-state index in [9.17, 15) is 4.39 Å². The van der Waals surface area contributed by atoms with Crippen LogP contribution in [0.1, 0.15) is 24.1 Å². The molecular weight excluding hydrogens is 393 g/mol. The van der Waals surface area contributed by atoms with E-state index >= 15 is 0 Å². The number of para-hydroxylation sites is 2. The molecule has 0 atom stereocenters. The number of fused-ring (bicyclic) bond motifs is 2. The van der Waals surface area contributed by atoms with Crippen LogP contribution in [-0.2, 0) is 13.0 Å². The van der Waals surface area contributed by atoms with Crippen LogP contribution in [0, 0.1) is 5.82 Å². The third-order valence-electron chi connectivity index (χ3n) is 6.18. The Labute approximate surface area is 179 Å². The highest BCUT2D eigenvalue weighted by atomic mass is 19.1. The van der Waals surface area contributed by atoms with Gasteiger partial charge in [0.05, 0.1) is 23.3 Å². The number of rotatable bonds is 3. The minimum Gasteiger partial charge on any atom is -0.356 e. The largest absolute Gasteiger partial charge is 0.356 e. The third-order valence-corrected chi connectivity index (χ3v) is 6.18. The van der Waals surface area contributed by atoms with E-state index in [4.69, 9.17) is 14.5 Å². The van der Waals surface area contributed by atoms with Crippen LogP contribution in [-0.4, -0.2) is 34.8 Å². The molecule has 4 heterocycles. The van der Waals surface area contributed by atoms with Gasteiger partial charge in [0.2, 0.25) is 0 Å². The first-order valence-corrected chi connectivity index (χ1v) is 10.8. The summed E-state index contributed by atoms with van der Waals surface area (Å²) in [4.78, 5) is 14.7. The third kappa shape index (κ3) is 3.21. The first kappa shape index (κ1) is 18.3. The SMILES string of the molecule is Fc1ccc(-c2onc3c2CN(c2nc4ccccc4nc2N2CCCC2)CC3)cc1.